The largest absolute Gasteiger partial charge is 0.310 e. The van der Waals surface area contributed by atoms with E-state index in [1.165, 1.54) is 77.2 Å². The molecule has 0 heterocycles. The van der Waals surface area contributed by atoms with Gasteiger partial charge in [-0.1, -0.05) is 133 Å². The van der Waals surface area contributed by atoms with Crippen LogP contribution in [0.5, 0.6) is 0 Å². The number of para-hydroxylation sites is 2. The van der Waals surface area contributed by atoms with Gasteiger partial charge in [0.1, 0.15) is 0 Å². The van der Waals surface area contributed by atoms with Gasteiger partial charge in [-0.3, -0.25) is 0 Å². The second kappa shape index (κ2) is 12.0. The zero-order valence-electron chi connectivity index (χ0n) is 28.0. The molecule has 0 atom stereocenters. The van der Waals surface area contributed by atoms with Crippen LogP contribution < -0.4 is 4.90 Å². The van der Waals surface area contributed by atoms with Crippen molar-refractivity contribution in [1.29, 1.82) is 0 Å². The Morgan fingerprint density at radius 2 is 0.627 bits per heavy atom. The highest BCUT2D eigenvalue weighted by molar-refractivity contribution is 6.13. The Morgan fingerprint density at radius 3 is 1.16 bits per heavy atom. The zero-order valence-corrected chi connectivity index (χ0v) is 28.0. The first kappa shape index (κ1) is 29.2. The molecule has 1 aliphatic rings. The first-order valence-corrected chi connectivity index (χ1v) is 17.6. The highest BCUT2D eigenvalue weighted by atomic mass is 15.1. The molecule has 10 rings (SSSR count). The maximum Gasteiger partial charge on any atom is 0.0540 e. The maximum absolute atomic E-state index is 2.40. The highest BCUT2D eigenvalue weighted by Gasteiger charge is 2.25. The first-order chi connectivity index (χ1) is 25.3. The van der Waals surface area contributed by atoms with E-state index in [0.29, 0.717) is 0 Å². The van der Waals surface area contributed by atoms with Crippen molar-refractivity contribution in [2.24, 2.45) is 0 Å². The van der Waals surface area contributed by atoms with Gasteiger partial charge in [0.2, 0.25) is 0 Å². The van der Waals surface area contributed by atoms with Crippen LogP contribution in [0, 0.1) is 0 Å². The van der Waals surface area contributed by atoms with E-state index in [4.69, 9.17) is 0 Å². The van der Waals surface area contributed by atoms with Gasteiger partial charge < -0.3 is 4.90 Å². The van der Waals surface area contributed by atoms with E-state index in [1.807, 2.05) is 0 Å². The standard InChI is InChI=1S/C50H33N/c1-5-15-34(16-6-1)43-23-13-14-24-50(43)51(41-21-11-4-12-22-41)42-26-25-37-28-46-47(31-38(37)27-42)49-33-40-30-45(36-19-9-3-10-20-36)44(29-39(40)32-48(46)49)35-17-7-2-8-18-35/h1-33H. The molecule has 0 saturated carbocycles. The Kier molecular flexibility index (Phi) is 6.89. The fourth-order valence-corrected chi connectivity index (χ4v) is 7.85. The molecular weight excluding hydrogens is 615 g/mol. The zero-order chi connectivity index (χ0) is 33.7. The lowest BCUT2D eigenvalue weighted by Crippen LogP contribution is -2.11. The van der Waals surface area contributed by atoms with Gasteiger partial charge in [-0.05, 0) is 138 Å². The van der Waals surface area contributed by atoms with Gasteiger partial charge in [0, 0.05) is 16.9 Å². The lowest BCUT2D eigenvalue weighted by molar-refractivity contribution is 1.29. The fraction of sp³-hybridized carbons (Fsp3) is 0. The van der Waals surface area contributed by atoms with E-state index in [9.17, 15) is 0 Å². The molecule has 1 aliphatic carbocycles. The molecule has 1 heteroatoms. The summed E-state index contributed by atoms with van der Waals surface area (Å²) in [5.74, 6) is 0. The summed E-state index contributed by atoms with van der Waals surface area (Å²) < 4.78 is 0. The summed E-state index contributed by atoms with van der Waals surface area (Å²) >= 11 is 0. The lowest BCUT2D eigenvalue weighted by atomic mass is 9.77. The summed E-state index contributed by atoms with van der Waals surface area (Å²) in [6.45, 7) is 0. The molecule has 0 amide bonds. The summed E-state index contributed by atoms with van der Waals surface area (Å²) in [6, 6.07) is 72.8. The van der Waals surface area contributed by atoms with E-state index < -0.39 is 0 Å². The molecular formula is C50H33N. The average molecular weight is 648 g/mol. The van der Waals surface area contributed by atoms with E-state index in [0.717, 1.165) is 17.1 Å². The van der Waals surface area contributed by atoms with Crippen molar-refractivity contribution in [1.82, 2.24) is 0 Å². The second-order valence-electron chi connectivity index (χ2n) is 13.4. The summed E-state index contributed by atoms with van der Waals surface area (Å²) in [5.41, 5.74) is 16.1. The van der Waals surface area contributed by atoms with Gasteiger partial charge in [-0.15, -0.1) is 0 Å². The molecule has 0 aromatic heterocycles. The number of benzene rings is 9. The van der Waals surface area contributed by atoms with Crippen molar-refractivity contribution in [3.8, 4) is 55.6 Å². The van der Waals surface area contributed by atoms with Crippen molar-refractivity contribution in [3.05, 3.63) is 200 Å². The minimum absolute atomic E-state index is 1.13. The Bertz CT molecular complexity index is 2710. The lowest BCUT2D eigenvalue weighted by Gasteiger charge is -2.29. The molecule has 0 spiro atoms. The normalized spacial score (nSPS) is 11.5. The number of hydrogen-bond donors (Lipinski definition) is 0. The van der Waals surface area contributed by atoms with Crippen LogP contribution in [0.25, 0.3) is 77.2 Å². The molecule has 0 aliphatic heterocycles. The maximum atomic E-state index is 2.40. The number of rotatable bonds is 6. The van der Waals surface area contributed by atoms with Crippen LogP contribution in [0.1, 0.15) is 0 Å². The fourth-order valence-electron chi connectivity index (χ4n) is 7.85. The molecule has 0 radical (unpaired) electrons. The van der Waals surface area contributed by atoms with Crippen LogP contribution >= 0.6 is 0 Å². The predicted molar refractivity (Wildman–Crippen MR) is 217 cm³/mol. The van der Waals surface area contributed by atoms with E-state index in [2.05, 4.69) is 205 Å². The van der Waals surface area contributed by atoms with Gasteiger partial charge >= 0.3 is 0 Å². The third-order valence-electron chi connectivity index (χ3n) is 10.3. The number of anilines is 3. The van der Waals surface area contributed by atoms with Crippen LogP contribution in [0.4, 0.5) is 17.1 Å². The van der Waals surface area contributed by atoms with Gasteiger partial charge in [0.05, 0.1) is 5.69 Å². The van der Waals surface area contributed by atoms with Crippen LogP contribution in [0.2, 0.25) is 0 Å². The van der Waals surface area contributed by atoms with Crippen molar-refractivity contribution in [2.75, 3.05) is 4.90 Å². The molecule has 0 bridgehead atoms. The quantitative estimate of drug-likeness (QED) is 0.174. The molecule has 0 fully saturated rings. The smallest absolute Gasteiger partial charge is 0.0540 e. The first-order valence-electron chi connectivity index (χ1n) is 17.6. The SMILES string of the molecule is c1ccc(-c2cc3cc4c(cc3cc2-c2ccccc2)-c2cc3cc(N(c5ccccc5)c5ccccc5-c5ccccc5)ccc3cc2-4)cc1. The molecule has 0 N–H and O–H groups in total. The second-order valence-corrected chi connectivity index (χ2v) is 13.4. The minimum atomic E-state index is 1.13. The van der Waals surface area contributed by atoms with Crippen LogP contribution in [-0.2, 0) is 0 Å². The molecule has 0 saturated heterocycles. The number of fused-ring (bicyclic) bond motifs is 6. The predicted octanol–water partition coefficient (Wildman–Crippen LogP) is 14.1. The molecule has 0 unspecified atom stereocenters. The van der Waals surface area contributed by atoms with Crippen LogP contribution in [0.15, 0.2) is 200 Å². The minimum Gasteiger partial charge on any atom is -0.310 e. The molecule has 9 aromatic carbocycles. The highest BCUT2D eigenvalue weighted by Crippen LogP contribution is 2.52. The van der Waals surface area contributed by atoms with Crippen molar-refractivity contribution < 1.29 is 0 Å². The third kappa shape index (κ3) is 5.02. The summed E-state index contributed by atoms with van der Waals surface area (Å²) in [5, 5.41) is 5.01. The summed E-state index contributed by atoms with van der Waals surface area (Å²) in [7, 11) is 0. The van der Waals surface area contributed by atoms with Gasteiger partial charge in [-0.25, -0.2) is 0 Å². The van der Waals surface area contributed by atoms with Crippen LogP contribution in [-0.4, -0.2) is 0 Å². The molecule has 1 nitrogen and oxygen atoms in total. The number of hydrogen-bond acceptors (Lipinski definition) is 1. The Balaban J connectivity index is 1.10. The average Bonchev–Trinajstić information content (AvgIpc) is 3.21. The van der Waals surface area contributed by atoms with E-state index in [-0.39, 0.29) is 0 Å². The molecule has 9 aromatic rings. The summed E-state index contributed by atoms with van der Waals surface area (Å²) in [6.07, 6.45) is 0. The molecule has 238 valence electrons. The van der Waals surface area contributed by atoms with Gasteiger partial charge in [0.25, 0.3) is 0 Å². The Labute approximate surface area is 298 Å². The summed E-state index contributed by atoms with van der Waals surface area (Å²) in [4.78, 5) is 2.39. The van der Waals surface area contributed by atoms with E-state index >= 15 is 0 Å². The van der Waals surface area contributed by atoms with Crippen molar-refractivity contribution in [3.63, 3.8) is 0 Å². The Hall–Kier alpha value is -6.70. The van der Waals surface area contributed by atoms with Gasteiger partial charge in [-0.2, -0.15) is 0 Å². The Morgan fingerprint density at radius 1 is 0.235 bits per heavy atom. The van der Waals surface area contributed by atoms with Crippen molar-refractivity contribution >= 4 is 38.6 Å². The van der Waals surface area contributed by atoms with Gasteiger partial charge in [0.15, 0.2) is 0 Å². The molecule has 51 heavy (non-hydrogen) atoms. The van der Waals surface area contributed by atoms with Crippen molar-refractivity contribution in [2.45, 2.75) is 0 Å². The third-order valence-corrected chi connectivity index (χ3v) is 10.3. The van der Waals surface area contributed by atoms with Crippen LogP contribution in [0.3, 0.4) is 0 Å². The van der Waals surface area contributed by atoms with E-state index in [1.54, 1.807) is 0 Å². The monoisotopic (exact) mass is 647 g/mol. The number of nitrogens with zero attached hydrogens (tertiary/aromatic N) is 1. The topological polar surface area (TPSA) is 3.24 Å².